The molecule has 1 atom stereocenters. The average Bonchev–Trinajstić information content (AvgIpc) is 2.69. The number of rotatable bonds is 6. The Bertz CT molecular complexity index is 980. The average molecular weight is 422 g/mol. The number of hydrogen-bond donors (Lipinski definition) is 2. The van der Waals surface area contributed by atoms with Gasteiger partial charge in [0.25, 0.3) is 0 Å². The van der Waals surface area contributed by atoms with Gasteiger partial charge in [-0.15, -0.1) is 0 Å². The predicted octanol–water partition coefficient (Wildman–Crippen LogP) is 6.16. The highest BCUT2D eigenvalue weighted by Crippen LogP contribution is 2.36. The molecule has 1 aromatic carbocycles. The Labute approximate surface area is 171 Å². The molecule has 0 saturated heterocycles. The molecule has 0 radical (unpaired) electrons. The van der Waals surface area contributed by atoms with E-state index in [2.05, 4.69) is 25.6 Å². The summed E-state index contributed by atoms with van der Waals surface area (Å²) >= 11 is 5.70. The molecular formula is C20H19ClF3N5. The van der Waals surface area contributed by atoms with Gasteiger partial charge in [0.1, 0.15) is 5.82 Å². The number of halogens is 4. The summed E-state index contributed by atoms with van der Waals surface area (Å²) in [5.74, 6) is 0.716. The van der Waals surface area contributed by atoms with Gasteiger partial charge in [0, 0.05) is 35.8 Å². The Morgan fingerprint density at radius 2 is 1.93 bits per heavy atom. The fraction of sp³-hybridized carbons (Fsp3) is 0.250. The van der Waals surface area contributed by atoms with Crippen molar-refractivity contribution in [2.24, 2.45) is 0 Å². The van der Waals surface area contributed by atoms with Crippen molar-refractivity contribution in [1.82, 2.24) is 15.0 Å². The van der Waals surface area contributed by atoms with Gasteiger partial charge in [-0.25, -0.2) is 4.98 Å². The zero-order valence-corrected chi connectivity index (χ0v) is 16.5. The third-order valence-corrected chi connectivity index (χ3v) is 4.55. The van der Waals surface area contributed by atoms with Crippen molar-refractivity contribution in [2.45, 2.75) is 32.5 Å². The molecule has 3 aromatic rings. The van der Waals surface area contributed by atoms with E-state index in [9.17, 15) is 13.2 Å². The lowest BCUT2D eigenvalue weighted by Gasteiger charge is -2.15. The highest BCUT2D eigenvalue weighted by atomic mass is 35.5. The molecular weight excluding hydrogens is 403 g/mol. The van der Waals surface area contributed by atoms with Gasteiger partial charge >= 0.3 is 6.18 Å². The zero-order valence-electron chi connectivity index (χ0n) is 15.8. The summed E-state index contributed by atoms with van der Waals surface area (Å²) in [6.07, 6.45) is -0.391. The van der Waals surface area contributed by atoms with Crippen LogP contribution in [-0.2, 0) is 6.18 Å². The smallest absolute Gasteiger partial charge is 0.352 e. The number of anilines is 3. The van der Waals surface area contributed by atoms with Crippen molar-refractivity contribution < 1.29 is 13.2 Å². The number of aromatic nitrogens is 3. The molecule has 0 aliphatic rings. The van der Waals surface area contributed by atoms with Crippen molar-refractivity contribution >= 4 is 29.1 Å². The molecule has 0 spiro atoms. The van der Waals surface area contributed by atoms with Gasteiger partial charge in [0.05, 0.1) is 16.3 Å². The van der Waals surface area contributed by atoms with Gasteiger partial charge in [0.15, 0.2) is 0 Å². The minimum absolute atomic E-state index is 0.124. The maximum Gasteiger partial charge on any atom is 0.417 e. The zero-order chi connectivity index (χ0) is 21.0. The monoisotopic (exact) mass is 421 g/mol. The van der Waals surface area contributed by atoms with Crippen LogP contribution in [0.5, 0.6) is 0 Å². The lowest BCUT2D eigenvalue weighted by Crippen LogP contribution is -2.16. The minimum Gasteiger partial charge on any atom is -0.352 e. The topological polar surface area (TPSA) is 62.7 Å². The van der Waals surface area contributed by atoms with Crippen LogP contribution in [0.25, 0.3) is 11.3 Å². The van der Waals surface area contributed by atoms with Crippen molar-refractivity contribution in [2.75, 3.05) is 10.6 Å². The number of alkyl halides is 3. The molecule has 152 valence electrons. The number of hydrogen-bond acceptors (Lipinski definition) is 5. The van der Waals surface area contributed by atoms with E-state index in [1.165, 1.54) is 12.1 Å². The first-order valence-electron chi connectivity index (χ1n) is 8.96. The second kappa shape index (κ2) is 8.65. The van der Waals surface area contributed by atoms with Crippen LogP contribution < -0.4 is 10.6 Å². The second-order valence-corrected chi connectivity index (χ2v) is 6.88. The fourth-order valence-electron chi connectivity index (χ4n) is 2.53. The largest absolute Gasteiger partial charge is 0.417 e. The van der Waals surface area contributed by atoms with E-state index >= 15 is 0 Å². The summed E-state index contributed by atoms with van der Waals surface area (Å²) in [6, 6.07) is 9.02. The molecule has 0 aliphatic carbocycles. The van der Waals surface area contributed by atoms with Crippen molar-refractivity contribution in [3.8, 4) is 11.3 Å². The third kappa shape index (κ3) is 5.35. The first-order chi connectivity index (χ1) is 13.8. The molecule has 0 unspecified atom stereocenters. The van der Waals surface area contributed by atoms with Gasteiger partial charge in [-0.3, -0.25) is 4.98 Å². The second-order valence-electron chi connectivity index (χ2n) is 6.47. The van der Waals surface area contributed by atoms with E-state index in [1.807, 2.05) is 19.9 Å². The van der Waals surface area contributed by atoms with Gasteiger partial charge in [-0.2, -0.15) is 18.2 Å². The molecule has 0 fully saturated rings. The van der Waals surface area contributed by atoms with Crippen LogP contribution in [0.3, 0.4) is 0 Å². The molecule has 0 aliphatic heterocycles. The number of nitrogens with zero attached hydrogens (tertiary/aromatic N) is 3. The van der Waals surface area contributed by atoms with Crippen LogP contribution in [0.2, 0.25) is 5.02 Å². The maximum atomic E-state index is 13.1. The van der Waals surface area contributed by atoms with Crippen molar-refractivity contribution in [1.29, 1.82) is 0 Å². The molecule has 29 heavy (non-hydrogen) atoms. The summed E-state index contributed by atoms with van der Waals surface area (Å²) in [5.41, 5.74) is 0.652. The fourth-order valence-corrected chi connectivity index (χ4v) is 2.75. The van der Waals surface area contributed by atoms with Crippen LogP contribution in [0.4, 0.5) is 30.6 Å². The molecule has 3 rings (SSSR count). The first kappa shape index (κ1) is 20.9. The lowest BCUT2D eigenvalue weighted by molar-refractivity contribution is -0.137. The van der Waals surface area contributed by atoms with Gasteiger partial charge < -0.3 is 10.6 Å². The molecule has 2 N–H and O–H groups in total. The molecule has 2 aromatic heterocycles. The summed E-state index contributed by atoms with van der Waals surface area (Å²) in [5, 5.41) is 5.74. The van der Waals surface area contributed by atoms with Crippen LogP contribution in [0.15, 0.2) is 48.8 Å². The van der Waals surface area contributed by atoms with E-state index in [0.717, 1.165) is 18.1 Å². The summed E-state index contributed by atoms with van der Waals surface area (Å²) < 4.78 is 39.4. The Kier molecular flexibility index (Phi) is 6.22. The molecule has 2 heterocycles. The van der Waals surface area contributed by atoms with Crippen LogP contribution in [0.1, 0.15) is 25.8 Å². The highest BCUT2D eigenvalue weighted by Gasteiger charge is 2.33. The van der Waals surface area contributed by atoms with Crippen LogP contribution >= 0.6 is 11.6 Å². The Morgan fingerprint density at radius 1 is 1.14 bits per heavy atom. The Hall–Kier alpha value is -2.87. The first-order valence-corrected chi connectivity index (χ1v) is 9.34. The predicted molar refractivity (Wildman–Crippen MR) is 108 cm³/mol. The van der Waals surface area contributed by atoms with Crippen molar-refractivity contribution in [3.63, 3.8) is 0 Å². The van der Waals surface area contributed by atoms with Gasteiger partial charge in [0.2, 0.25) is 5.95 Å². The van der Waals surface area contributed by atoms with Crippen LogP contribution in [-0.4, -0.2) is 21.0 Å². The number of pyridine rings is 1. The van der Waals surface area contributed by atoms with E-state index in [4.69, 9.17) is 11.6 Å². The molecule has 5 nitrogen and oxygen atoms in total. The standard InChI is InChI=1S/C20H19ClF3N5/c1-3-12(2)26-19-28-17(13-5-4-8-25-11-13)10-18(29-19)27-14-6-7-16(21)15(9-14)20(22,23)24/h4-12H,3H2,1-2H3,(H2,26,27,28,29)/t12-/m0/s1. The van der Waals surface area contributed by atoms with Gasteiger partial charge in [-0.05, 0) is 43.7 Å². The maximum absolute atomic E-state index is 13.1. The Morgan fingerprint density at radius 3 is 2.59 bits per heavy atom. The SMILES string of the molecule is CC[C@H](C)Nc1nc(Nc2ccc(Cl)c(C(F)(F)F)c2)cc(-c2cccnc2)n1. The summed E-state index contributed by atoms with van der Waals surface area (Å²) in [6.45, 7) is 4.01. The normalized spacial score (nSPS) is 12.5. The van der Waals surface area contributed by atoms with E-state index < -0.39 is 11.7 Å². The lowest BCUT2D eigenvalue weighted by atomic mass is 10.2. The van der Waals surface area contributed by atoms with E-state index in [1.54, 1.807) is 24.5 Å². The van der Waals surface area contributed by atoms with E-state index in [-0.39, 0.29) is 16.8 Å². The molecule has 0 bridgehead atoms. The quantitative estimate of drug-likeness (QED) is 0.498. The third-order valence-electron chi connectivity index (χ3n) is 4.22. The summed E-state index contributed by atoms with van der Waals surface area (Å²) in [4.78, 5) is 13.0. The van der Waals surface area contributed by atoms with E-state index in [0.29, 0.717) is 17.5 Å². The number of benzene rings is 1. The minimum atomic E-state index is -4.55. The molecule has 0 amide bonds. The molecule has 0 saturated carbocycles. The van der Waals surface area contributed by atoms with Crippen molar-refractivity contribution in [3.05, 3.63) is 59.4 Å². The molecule has 9 heteroatoms. The van der Waals surface area contributed by atoms with Crippen LogP contribution in [0, 0.1) is 0 Å². The van der Waals surface area contributed by atoms with Gasteiger partial charge in [-0.1, -0.05) is 18.5 Å². The summed E-state index contributed by atoms with van der Waals surface area (Å²) in [7, 11) is 0. The highest BCUT2D eigenvalue weighted by molar-refractivity contribution is 6.31. The Balaban J connectivity index is 1.99. The number of nitrogens with one attached hydrogen (secondary N) is 2.